The molecule has 148 valence electrons. The number of hydrogen-bond donors (Lipinski definition) is 1. The molecule has 1 aliphatic rings. The number of piperidine rings is 1. The smallest absolute Gasteiger partial charge is 0.410 e. The van der Waals surface area contributed by atoms with Gasteiger partial charge >= 0.3 is 6.09 Å². The quantitative estimate of drug-likeness (QED) is 0.668. The Hall–Kier alpha value is -2.54. The van der Waals surface area contributed by atoms with E-state index >= 15 is 0 Å². The van der Waals surface area contributed by atoms with Gasteiger partial charge in [-0.2, -0.15) is 0 Å². The van der Waals surface area contributed by atoms with Crippen LogP contribution >= 0.6 is 11.6 Å². The molecule has 1 fully saturated rings. The summed E-state index contributed by atoms with van der Waals surface area (Å²) >= 11 is 6.05. The molecule has 0 bridgehead atoms. The zero-order chi connectivity index (χ0) is 20.1. The average molecular weight is 403 g/mol. The normalized spacial score (nSPS) is 16.1. The number of ether oxygens (including phenoxy) is 1. The van der Waals surface area contributed by atoms with Crippen LogP contribution in [-0.4, -0.2) is 44.3 Å². The van der Waals surface area contributed by atoms with E-state index in [9.17, 15) is 9.59 Å². The molecule has 0 aliphatic carbocycles. The fraction of sp³-hybridized carbons (Fsp3) is 0.450. The number of aromatic nitrogens is 3. The molecule has 1 aliphatic heterocycles. The van der Waals surface area contributed by atoms with Crippen LogP contribution in [-0.2, 0) is 4.74 Å². The minimum atomic E-state index is -0.507. The largest absolute Gasteiger partial charge is 0.444 e. The minimum absolute atomic E-state index is 0.133. The van der Waals surface area contributed by atoms with E-state index in [-0.39, 0.29) is 17.6 Å². The summed E-state index contributed by atoms with van der Waals surface area (Å²) in [6, 6.07) is 7.02. The Labute approximate surface area is 167 Å². The summed E-state index contributed by atoms with van der Waals surface area (Å²) in [5.41, 5.74) is 1.48. The molecule has 0 radical (unpaired) electrons. The van der Waals surface area contributed by atoms with Gasteiger partial charge in [-0.1, -0.05) is 11.6 Å². The van der Waals surface area contributed by atoms with Crippen molar-refractivity contribution < 1.29 is 9.53 Å². The molecule has 28 heavy (non-hydrogen) atoms. The average Bonchev–Trinajstić information content (AvgIpc) is 2.98. The summed E-state index contributed by atoms with van der Waals surface area (Å²) in [4.78, 5) is 31.3. The number of carbonyl (C=O) groups excluding carboxylic acids is 1. The van der Waals surface area contributed by atoms with E-state index in [4.69, 9.17) is 21.3 Å². The molecular formula is C20H23ClN4O3. The number of likely N-dealkylation sites (tertiary alicyclic amines) is 1. The molecule has 2 aromatic heterocycles. The maximum absolute atomic E-state index is 12.6. The lowest BCUT2D eigenvalue weighted by molar-refractivity contribution is 0.0204. The monoisotopic (exact) mass is 402 g/mol. The van der Waals surface area contributed by atoms with Gasteiger partial charge in [0.1, 0.15) is 5.60 Å². The number of rotatable bonds is 1. The molecule has 1 saturated heterocycles. The first-order valence-corrected chi connectivity index (χ1v) is 9.78. The molecule has 3 aromatic rings. The highest BCUT2D eigenvalue weighted by Gasteiger charge is 2.28. The lowest BCUT2D eigenvalue weighted by atomic mass is 9.93. The molecule has 1 N–H and O–H groups in total. The first-order valence-electron chi connectivity index (χ1n) is 9.40. The fourth-order valence-corrected chi connectivity index (χ4v) is 3.78. The number of nitrogens with one attached hydrogen (secondary N) is 1. The van der Waals surface area contributed by atoms with Gasteiger partial charge < -0.3 is 9.64 Å². The molecule has 0 atom stereocenters. The highest BCUT2D eigenvalue weighted by molar-refractivity contribution is 6.31. The van der Waals surface area contributed by atoms with Gasteiger partial charge in [0.05, 0.1) is 11.2 Å². The van der Waals surface area contributed by atoms with Crippen molar-refractivity contribution in [1.29, 1.82) is 0 Å². The van der Waals surface area contributed by atoms with Crippen LogP contribution in [0.25, 0.3) is 16.6 Å². The molecule has 1 aromatic carbocycles. The van der Waals surface area contributed by atoms with Gasteiger partial charge in [-0.15, -0.1) is 0 Å². The lowest BCUT2D eigenvalue weighted by Crippen LogP contribution is -2.41. The lowest BCUT2D eigenvalue weighted by Gasteiger charge is -2.33. The van der Waals surface area contributed by atoms with Crippen molar-refractivity contribution in [2.24, 2.45) is 0 Å². The van der Waals surface area contributed by atoms with Crippen LogP contribution < -0.4 is 5.56 Å². The summed E-state index contributed by atoms with van der Waals surface area (Å²) in [6.07, 6.45) is 1.20. The Morgan fingerprint density at radius 3 is 2.64 bits per heavy atom. The third kappa shape index (κ3) is 3.58. The van der Waals surface area contributed by atoms with Crippen LogP contribution in [0, 0.1) is 0 Å². The second-order valence-corrected chi connectivity index (χ2v) is 8.66. The standard InChI is InChI=1S/C20H23ClN4O3/c1-20(2,3)28-19(27)24-8-6-12(7-9-24)15-11-17(26)25-18(22-15)14-5-4-13(21)10-16(14)23-25/h4-5,10-12,23H,6-9H2,1-3H3. The maximum Gasteiger partial charge on any atom is 0.410 e. The molecule has 4 rings (SSSR count). The van der Waals surface area contributed by atoms with Crippen molar-refractivity contribution in [2.75, 3.05) is 13.1 Å². The molecule has 8 heteroatoms. The Bertz CT molecular complexity index is 1100. The highest BCUT2D eigenvalue weighted by Crippen LogP contribution is 2.28. The fourth-order valence-electron chi connectivity index (χ4n) is 3.61. The molecule has 7 nitrogen and oxygen atoms in total. The Kier molecular flexibility index (Phi) is 4.57. The second-order valence-electron chi connectivity index (χ2n) is 8.22. The van der Waals surface area contributed by atoms with E-state index < -0.39 is 5.60 Å². The van der Waals surface area contributed by atoms with Crippen LogP contribution in [0.3, 0.4) is 0 Å². The number of amides is 1. The first kappa shape index (κ1) is 18.8. The number of hydrogen-bond acceptors (Lipinski definition) is 4. The molecule has 1 amide bonds. The number of carbonyl (C=O) groups is 1. The van der Waals surface area contributed by atoms with Gasteiger partial charge in [0.15, 0.2) is 5.65 Å². The second kappa shape index (κ2) is 6.81. The summed E-state index contributed by atoms with van der Waals surface area (Å²) in [5, 5.41) is 4.50. The van der Waals surface area contributed by atoms with Gasteiger partial charge in [0.25, 0.3) is 5.56 Å². The van der Waals surface area contributed by atoms with Gasteiger partial charge in [-0.05, 0) is 51.8 Å². The molecular weight excluding hydrogens is 380 g/mol. The van der Waals surface area contributed by atoms with Crippen LogP contribution in [0.15, 0.2) is 29.1 Å². The topological polar surface area (TPSA) is 79.7 Å². The van der Waals surface area contributed by atoms with E-state index in [0.29, 0.717) is 23.8 Å². The zero-order valence-electron chi connectivity index (χ0n) is 16.2. The summed E-state index contributed by atoms with van der Waals surface area (Å²) in [5.74, 6) is 0.133. The number of aromatic amines is 1. The SMILES string of the molecule is CC(C)(C)OC(=O)N1CCC(c2cc(=O)n3[nH]c4cc(Cl)ccc4c3n2)CC1. The van der Waals surface area contributed by atoms with E-state index in [0.717, 1.165) is 29.4 Å². The van der Waals surface area contributed by atoms with Crippen molar-refractivity contribution >= 4 is 34.2 Å². The molecule has 0 saturated carbocycles. The maximum atomic E-state index is 12.6. The van der Waals surface area contributed by atoms with E-state index in [2.05, 4.69) is 5.10 Å². The van der Waals surface area contributed by atoms with Gasteiger partial charge in [-0.25, -0.2) is 14.3 Å². The summed E-state index contributed by atoms with van der Waals surface area (Å²) in [7, 11) is 0. The Morgan fingerprint density at radius 1 is 1.25 bits per heavy atom. The summed E-state index contributed by atoms with van der Waals surface area (Å²) in [6.45, 7) is 6.75. The number of halogens is 1. The number of benzene rings is 1. The van der Waals surface area contributed by atoms with Crippen LogP contribution in [0.1, 0.15) is 45.2 Å². The Balaban J connectivity index is 1.58. The minimum Gasteiger partial charge on any atom is -0.444 e. The highest BCUT2D eigenvalue weighted by atomic mass is 35.5. The number of fused-ring (bicyclic) bond motifs is 3. The van der Waals surface area contributed by atoms with Gasteiger partial charge in [-0.3, -0.25) is 9.89 Å². The summed E-state index contributed by atoms with van der Waals surface area (Å²) < 4.78 is 6.89. The van der Waals surface area contributed by atoms with Crippen LogP contribution in [0.4, 0.5) is 4.79 Å². The number of nitrogens with zero attached hydrogens (tertiary/aromatic N) is 3. The van der Waals surface area contributed by atoms with Crippen molar-refractivity contribution in [3.63, 3.8) is 0 Å². The van der Waals surface area contributed by atoms with E-state index in [1.54, 1.807) is 23.1 Å². The van der Waals surface area contributed by atoms with Crippen molar-refractivity contribution in [1.82, 2.24) is 19.5 Å². The number of H-pyrrole nitrogens is 1. The first-order chi connectivity index (χ1) is 13.2. The van der Waals surface area contributed by atoms with Crippen molar-refractivity contribution in [2.45, 2.75) is 45.1 Å². The van der Waals surface area contributed by atoms with Gasteiger partial charge in [0.2, 0.25) is 0 Å². The predicted octanol–water partition coefficient (Wildman–Crippen LogP) is 3.94. The van der Waals surface area contributed by atoms with Gasteiger partial charge in [0, 0.05) is 35.5 Å². The van der Waals surface area contributed by atoms with Crippen molar-refractivity contribution in [3.05, 3.63) is 45.3 Å². The molecule has 0 spiro atoms. The van der Waals surface area contributed by atoms with Crippen LogP contribution in [0.5, 0.6) is 0 Å². The van der Waals surface area contributed by atoms with Crippen molar-refractivity contribution in [3.8, 4) is 0 Å². The predicted molar refractivity (Wildman–Crippen MR) is 108 cm³/mol. The van der Waals surface area contributed by atoms with Crippen LogP contribution in [0.2, 0.25) is 5.02 Å². The zero-order valence-corrected chi connectivity index (χ0v) is 16.9. The van der Waals surface area contributed by atoms with E-state index in [1.165, 1.54) is 4.52 Å². The third-order valence-corrected chi connectivity index (χ3v) is 5.19. The molecule has 3 heterocycles. The third-order valence-electron chi connectivity index (χ3n) is 4.96. The van der Waals surface area contributed by atoms with E-state index in [1.807, 2.05) is 26.8 Å². The Morgan fingerprint density at radius 2 is 1.96 bits per heavy atom. The molecule has 0 unspecified atom stereocenters.